The van der Waals surface area contributed by atoms with Gasteiger partial charge in [0.15, 0.2) is 5.82 Å². The average molecular weight is 538 g/mol. The van der Waals surface area contributed by atoms with Crippen molar-refractivity contribution in [3.63, 3.8) is 0 Å². The van der Waals surface area contributed by atoms with Crippen LogP contribution in [0, 0.1) is 6.92 Å². The van der Waals surface area contributed by atoms with E-state index in [1.54, 1.807) is 68.2 Å². The first-order valence-electron chi connectivity index (χ1n) is 10.7. The van der Waals surface area contributed by atoms with Crippen molar-refractivity contribution >= 4 is 15.9 Å². The van der Waals surface area contributed by atoms with Gasteiger partial charge in [0.2, 0.25) is 5.88 Å². The van der Waals surface area contributed by atoms with Gasteiger partial charge in [0.1, 0.15) is 22.4 Å². The van der Waals surface area contributed by atoms with E-state index >= 15 is 0 Å². The molecule has 0 bridgehead atoms. The van der Waals surface area contributed by atoms with Crippen LogP contribution in [0.2, 0.25) is 0 Å². The van der Waals surface area contributed by atoms with Crippen molar-refractivity contribution in [1.29, 1.82) is 0 Å². The molecule has 0 aromatic carbocycles. The summed E-state index contributed by atoms with van der Waals surface area (Å²) >= 11 is 3.39. The lowest BCUT2D eigenvalue weighted by molar-refractivity contribution is 0.0688. The molecule has 0 unspecified atom stereocenters. The largest absolute Gasteiger partial charge is 0.486 e. The summed E-state index contributed by atoms with van der Waals surface area (Å²) in [5.41, 5.74) is 1.56. The second kappa shape index (κ2) is 9.93. The number of nitrogens with zero attached hydrogens (tertiary/aromatic N) is 5. The first-order valence-corrected chi connectivity index (χ1v) is 11.5. The Morgan fingerprint density at radius 2 is 1.83 bits per heavy atom. The molecule has 35 heavy (non-hydrogen) atoms. The summed E-state index contributed by atoms with van der Waals surface area (Å²) in [5, 5.41) is 10.2. The molecule has 0 spiro atoms. The highest BCUT2D eigenvalue weighted by atomic mass is 79.9. The second-order valence-electron chi connectivity index (χ2n) is 8.29. The van der Waals surface area contributed by atoms with Crippen LogP contribution in [0.15, 0.2) is 64.1 Å². The molecule has 0 fully saturated rings. The Hall–Kier alpha value is -3.63. The van der Waals surface area contributed by atoms with Crippen LogP contribution in [0.4, 0.5) is 0 Å². The minimum absolute atomic E-state index is 0.176. The fraction of sp³-hybridized carbons (Fsp3) is 0.240. The maximum absolute atomic E-state index is 13.3. The molecule has 0 radical (unpaired) electrons. The first-order chi connectivity index (χ1) is 16.7. The van der Waals surface area contributed by atoms with Crippen LogP contribution < -0.4 is 15.0 Å². The molecular weight excluding hydrogens is 514 g/mol. The number of hydrogen-bond acceptors (Lipinski definition) is 8. The van der Waals surface area contributed by atoms with E-state index in [0.29, 0.717) is 40.1 Å². The third-order valence-electron chi connectivity index (χ3n) is 5.13. The first kappa shape index (κ1) is 24.5. The monoisotopic (exact) mass is 537 g/mol. The predicted molar refractivity (Wildman–Crippen MR) is 134 cm³/mol. The quantitative estimate of drug-likeness (QED) is 0.376. The average Bonchev–Trinajstić information content (AvgIpc) is 2.85. The zero-order valence-electron chi connectivity index (χ0n) is 19.7. The smallest absolute Gasteiger partial charge is 0.273 e. The van der Waals surface area contributed by atoms with Crippen molar-refractivity contribution in [1.82, 2.24) is 24.5 Å². The summed E-state index contributed by atoms with van der Waals surface area (Å²) in [7, 11) is 1.55. The van der Waals surface area contributed by atoms with E-state index in [-0.39, 0.29) is 22.5 Å². The molecular formula is C25H24BrN5O4. The van der Waals surface area contributed by atoms with Gasteiger partial charge < -0.3 is 14.6 Å². The molecule has 0 saturated carbocycles. The normalized spacial score (nSPS) is 11.4. The van der Waals surface area contributed by atoms with Gasteiger partial charge >= 0.3 is 0 Å². The van der Waals surface area contributed by atoms with E-state index in [4.69, 9.17) is 9.47 Å². The zero-order valence-corrected chi connectivity index (χ0v) is 21.3. The van der Waals surface area contributed by atoms with Gasteiger partial charge in [-0.1, -0.05) is 6.07 Å². The molecule has 0 aliphatic carbocycles. The molecule has 10 heteroatoms. The van der Waals surface area contributed by atoms with Crippen LogP contribution in [-0.4, -0.2) is 36.7 Å². The van der Waals surface area contributed by atoms with E-state index in [9.17, 15) is 9.90 Å². The maximum atomic E-state index is 13.3. The van der Waals surface area contributed by atoms with Crippen molar-refractivity contribution in [2.24, 2.45) is 0 Å². The minimum Gasteiger partial charge on any atom is -0.486 e. The number of aliphatic hydroxyl groups is 1. The van der Waals surface area contributed by atoms with Gasteiger partial charge in [0.05, 0.1) is 29.9 Å². The summed E-state index contributed by atoms with van der Waals surface area (Å²) in [4.78, 5) is 30.6. The van der Waals surface area contributed by atoms with Crippen molar-refractivity contribution in [2.45, 2.75) is 33.0 Å². The van der Waals surface area contributed by atoms with Crippen molar-refractivity contribution in [3.8, 4) is 28.7 Å². The lowest BCUT2D eigenvalue weighted by atomic mass is 10.1. The second-order valence-corrected chi connectivity index (χ2v) is 9.08. The topological polar surface area (TPSA) is 112 Å². The number of hydrogen-bond donors (Lipinski definition) is 1. The standard InChI is InChI=1S/C25H24BrN5O4/c1-15-12-20(35-14-16-6-5-7-21(29-16)34-4)22(26)23(32)31(15)17-8-10-27-19(13-17)18-9-11-28-24(30-18)25(2,3)33/h5-13,33H,14H2,1-4H3. The third-order valence-corrected chi connectivity index (χ3v) is 5.86. The Labute approximate surface area is 210 Å². The Bertz CT molecular complexity index is 1430. The minimum atomic E-state index is -1.19. The summed E-state index contributed by atoms with van der Waals surface area (Å²) < 4.78 is 12.9. The SMILES string of the molecule is COc1cccc(COc2cc(C)n(-c3ccnc(-c4ccnc(C(C)(C)O)n4)c3)c(=O)c2Br)n1. The van der Waals surface area contributed by atoms with E-state index < -0.39 is 5.60 Å². The highest BCUT2D eigenvalue weighted by Gasteiger charge is 2.20. The molecule has 0 atom stereocenters. The molecule has 0 amide bonds. The highest BCUT2D eigenvalue weighted by molar-refractivity contribution is 9.10. The Kier molecular flexibility index (Phi) is 6.95. The molecule has 0 aliphatic heterocycles. The van der Waals surface area contributed by atoms with E-state index in [1.165, 1.54) is 0 Å². The van der Waals surface area contributed by atoms with Gasteiger partial charge in [-0.25, -0.2) is 15.0 Å². The Balaban J connectivity index is 1.66. The lowest BCUT2D eigenvalue weighted by Gasteiger charge is -2.16. The van der Waals surface area contributed by atoms with Crippen molar-refractivity contribution in [2.75, 3.05) is 7.11 Å². The molecule has 4 heterocycles. The van der Waals surface area contributed by atoms with Gasteiger partial charge in [-0.05, 0) is 61.0 Å². The van der Waals surface area contributed by atoms with Gasteiger partial charge in [-0.2, -0.15) is 0 Å². The third kappa shape index (κ3) is 5.39. The van der Waals surface area contributed by atoms with E-state index in [0.717, 1.165) is 0 Å². The summed E-state index contributed by atoms with van der Waals surface area (Å²) in [6.07, 6.45) is 3.18. The predicted octanol–water partition coefficient (Wildman–Crippen LogP) is 3.97. The molecule has 4 aromatic heterocycles. The van der Waals surface area contributed by atoms with Crippen LogP contribution in [0.1, 0.15) is 31.1 Å². The van der Waals surface area contributed by atoms with Crippen LogP contribution >= 0.6 is 15.9 Å². The maximum Gasteiger partial charge on any atom is 0.273 e. The Morgan fingerprint density at radius 3 is 2.57 bits per heavy atom. The summed E-state index contributed by atoms with van der Waals surface area (Å²) in [6, 6.07) is 12.4. The number of rotatable bonds is 7. The summed E-state index contributed by atoms with van der Waals surface area (Å²) in [5.74, 6) is 1.18. The van der Waals surface area contributed by atoms with Gasteiger partial charge in [0.25, 0.3) is 5.56 Å². The fourth-order valence-electron chi connectivity index (χ4n) is 3.41. The van der Waals surface area contributed by atoms with Gasteiger partial charge in [-0.3, -0.25) is 14.3 Å². The number of ether oxygens (including phenoxy) is 2. The van der Waals surface area contributed by atoms with Crippen molar-refractivity contribution < 1.29 is 14.6 Å². The van der Waals surface area contributed by atoms with Crippen molar-refractivity contribution in [3.05, 3.63) is 86.9 Å². The number of pyridine rings is 3. The number of halogens is 1. The Morgan fingerprint density at radius 1 is 1.06 bits per heavy atom. The van der Waals surface area contributed by atoms with Crippen LogP contribution in [0.5, 0.6) is 11.6 Å². The molecule has 0 aliphatic rings. The molecule has 1 N–H and O–H groups in total. The number of aryl methyl sites for hydroxylation is 1. The van der Waals surface area contributed by atoms with E-state index in [1.807, 2.05) is 19.1 Å². The summed E-state index contributed by atoms with van der Waals surface area (Å²) in [6.45, 7) is 5.23. The van der Waals surface area contributed by atoms with Gasteiger partial charge in [0, 0.05) is 30.2 Å². The molecule has 4 aromatic rings. The molecule has 9 nitrogen and oxygen atoms in total. The lowest BCUT2D eigenvalue weighted by Crippen LogP contribution is -2.22. The van der Waals surface area contributed by atoms with Gasteiger partial charge in [-0.15, -0.1) is 0 Å². The number of aromatic nitrogens is 5. The van der Waals surface area contributed by atoms with Crippen LogP contribution in [-0.2, 0) is 12.2 Å². The highest BCUT2D eigenvalue weighted by Crippen LogP contribution is 2.26. The fourth-order valence-corrected chi connectivity index (χ4v) is 3.81. The van der Waals surface area contributed by atoms with Crippen LogP contribution in [0.3, 0.4) is 0 Å². The molecule has 4 rings (SSSR count). The zero-order chi connectivity index (χ0) is 25.2. The molecule has 180 valence electrons. The van der Waals surface area contributed by atoms with Crippen LogP contribution in [0.25, 0.3) is 17.1 Å². The van der Waals surface area contributed by atoms with E-state index in [2.05, 4.69) is 35.9 Å². The molecule has 0 saturated heterocycles. The number of methoxy groups -OCH3 is 1.